The lowest BCUT2D eigenvalue weighted by Gasteiger charge is -2.17. The van der Waals surface area contributed by atoms with Crippen LogP contribution < -0.4 is 10.1 Å². The van der Waals surface area contributed by atoms with Gasteiger partial charge in [0.15, 0.2) is 0 Å². The Bertz CT molecular complexity index is 292. The normalized spacial score (nSPS) is 12.4. The van der Waals surface area contributed by atoms with Crippen molar-refractivity contribution in [1.29, 1.82) is 0 Å². The molecule has 0 fully saturated rings. The first-order valence-corrected chi connectivity index (χ1v) is 6.38. The summed E-state index contributed by atoms with van der Waals surface area (Å²) < 4.78 is 5.54. The second kappa shape index (κ2) is 8.09. The van der Waals surface area contributed by atoms with Crippen LogP contribution in [0.4, 0.5) is 0 Å². The van der Waals surface area contributed by atoms with Crippen LogP contribution in [0.25, 0.3) is 0 Å². The molecule has 1 rings (SSSR count). The molecule has 2 N–H and O–H groups in total. The first kappa shape index (κ1) is 14.0. The molecular formula is C14H23NO2. The van der Waals surface area contributed by atoms with Crippen molar-refractivity contribution in [3.05, 3.63) is 29.8 Å². The maximum atomic E-state index is 9.03. The van der Waals surface area contributed by atoms with Crippen LogP contribution in [0.3, 0.4) is 0 Å². The summed E-state index contributed by atoms with van der Waals surface area (Å²) in [6, 6.07) is 8.34. The van der Waals surface area contributed by atoms with Crippen molar-refractivity contribution >= 4 is 0 Å². The van der Waals surface area contributed by atoms with Gasteiger partial charge in [-0.05, 0) is 37.1 Å². The number of nitrogens with one attached hydrogen (secondary N) is 1. The molecule has 1 unspecified atom stereocenters. The molecule has 0 spiro atoms. The Morgan fingerprint density at radius 3 is 2.47 bits per heavy atom. The van der Waals surface area contributed by atoms with E-state index in [0.717, 1.165) is 31.7 Å². The lowest BCUT2D eigenvalue weighted by Crippen LogP contribution is -2.21. The lowest BCUT2D eigenvalue weighted by atomic mass is 10.0. The number of aliphatic hydroxyl groups excluding tert-OH is 1. The summed E-state index contributed by atoms with van der Waals surface area (Å²) in [6.45, 7) is 6.02. The fourth-order valence-corrected chi connectivity index (χ4v) is 1.78. The van der Waals surface area contributed by atoms with Crippen molar-refractivity contribution in [3.63, 3.8) is 0 Å². The third-order valence-electron chi connectivity index (χ3n) is 2.62. The largest absolute Gasteiger partial charge is 0.494 e. The molecule has 1 aromatic rings. The summed E-state index contributed by atoms with van der Waals surface area (Å²) in [7, 11) is 0. The molecule has 0 aliphatic heterocycles. The van der Waals surface area contributed by atoms with Crippen molar-refractivity contribution in [2.24, 2.45) is 0 Å². The van der Waals surface area contributed by atoms with Gasteiger partial charge in [-0.25, -0.2) is 0 Å². The van der Waals surface area contributed by atoms with Gasteiger partial charge in [0.25, 0.3) is 0 Å². The SMILES string of the molecule is CCCOc1ccc(C(CCO)NCC)cc1. The predicted molar refractivity (Wildman–Crippen MR) is 70.3 cm³/mol. The van der Waals surface area contributed by atoms with Gasteiger partial charge in [-0.15, -0.1) is 0 Å². The van der Waals surface area contributed by atoms with Crippen LogP contribution in [-0.4, -0.2) is 24.9 Å². The van der Waals surface area contributed by atoms with Crippen LogP contribution in [-0.2, 0) is 0 Å². The highest BCUT2D eigenvalue weighted by molar-refractivity contribution is 5.29. The second-order valence-electron chi connectivity index (χ2n) is 4.04. The third kappa shape index (κ3) is 4.75. The molecule has 96 valence electrons. The maximum absolute atomic E-state index is 9.03. The molecule has 1 aromatic carbocycles. The monoisotopic (exact) mass is 237 g/mol. The Morgan fingerprint density at radius 2 is 1.94 bits per heavy atom. The van der Waals surface area contributed by atoms with Gasteiger partial charge in [0.05, 0.1) is 6.61 Å². The van der Waals surface area contributed by atoms with E-state index in [1.54, 1.807) is 0 Å². The second-order valence-corrected chi connectivity index (χ2v) is 4.04. The van der Waals surface area contributed by atoms with Crippen LogP contribution in [0.2, 0.25) is 0 Å². The third-order valence-corrected chi connectivity index (χ3v) is 2.62. The highest BCUT2D eigenvalue weighted by atomic mass is 16.5. The van der Waals surface area contributed by atoms with Gasteiger partial charge in [0.1, 0.15) is 5.75 Å². The van der Waals surface area contributed by atoms with Gasteiger partial charge in [-0.3, -0.25) is 0 Å². The van der Waals surface area contributed by atoms with E-state index >= 15 is 0 Å². The summed E-state index contributed by atoms with van der Waals surface area (Å²) in [4.78, 5) is 0. The zero-order valence-corrected chi connectivity index (χ0v) is 10.8. The number of hydrogen-bond acceptors (Lipinski definition) is 3. The molecular weight excluding hydrogens is 214 g/mol. The Hall–Kier alpha value is -1.06. The van der Waals surface area contributed by atoms with E-state index in [2.05, 4.69) is 31.3 Å². The van der Waals surface area contributed by atoms with Crippen LogP contribution in [0.1, 0.15) is 38.3 Å². The van der Waals surface area contributed by atoms with Crippen LogP contribution in [0, 0.1) is 0 Å². The highest BCUT2D eigenvalue weighted by Crippen LogP contribution is 2.20. The molecule has 0 heterocycles. The van der Waals surface area contributed by atoms with E-state index in [4.69, 9.17) is 9.84 Å². The summed E-state index contributed by atoms with van der Waals surface area (Å²) in [5.41, 5.74) is 1.20. The predicted octanol–water partition coefficient (Wildman–Crippen LogP) is 2.51. The highest BCUT2D eigenvalue weighted by Gasteiger charge is 2.09. The average Bonchev–Trinajstić information content (AvgIpc) is 2.37. The van der Waals surface area contributed by atoms with Gasteiger partial charge in [0, 0.05) is 12.6 Å². The molecule has 0 saturated carbocycles. The topological polar surface area (TPSA) is 41.5 Å². The van der Waals surface area contributed by atoms with Gasteiger partial charge < -0.3 is 15.2 Å². The van der Waals surface area contributed by atoms with Crippen molar-refractivity contribution in [2.45, 2.75) is 32.7 Å². The first-order chi connectivity index (χ1) is 8.31. The van der Waals surface area contributed by atoms with Gasteiger partial charge in [0.2, 0.25) is 0 Å². The molecule has 0 saturated heterocycles. The van der Waals surface area contributed by atoms with Crippen molar-refractivity contribution < 1.29 is 9.84 Å². The van der Waals surface area contributed by atoms with E-state index in [1.165, 1.54) is 5.56 Å². The number of benzene rings is 1. The quantitative estimate of drug-likeness (QED) is 0.730. The minimum Gasteiger partial charge on any atom is -0.494 e. The number of rotatable bonds is 8. The molecule has 17 heavy (non-hydrogen) atoms. The molecule has 3 nitrogen and oxygen atoms in total. The molecule has 1 atom stereocenters. The van der Waals surface area contributed by atoms with Crippen LogP contribution >= 0.6 is 0 Å². The van der Waals surface area contributed by atoms with Crippen LogP contribution in [0.5, 0.6) is 5.75 Å². The van der Waals surface area contributed by atoms with E-state index < -0.39 is 0 Å². The average molecular weight is 237 g/mol. The Labute approximate surface area is 104 Å². The minimum atomic E-state index is 0.200. The van der Waals surface area contributed by atoms with E-state index in [-0.39, 0.29) is 12.6 Å². The lowest BCUT2D eigenvalue weighted by molar-refractivity contribution is 0.266. The van der Waals surface area contributed by atoms with Gasteiger partial charge in [-0.1, -0.05) is 26.0 Å². The molecule has 0 aliphatic carbocycles. The van der Waals surface area contributed by atoms with Gasteiger partial charge in [-0.2, -0.15) is 0 Å². The molecule has 0 amide bonds. The molecule has 0 aromatic heterocycles. The summed E-state index contributed by atoms with van der Waals surface area (Å²) in [5.74, 6) is 0.912. The standard InChI is InChI=1S/C14H23NO2/c1-3-11-17-13-7-5-12(6-8-13)14(9-10-16)15-4-2/h5-8,14-16H,3-4,9-11H2,1-2H3. The number of aliphatic hydroxyl groups is 1. The number of hydrogen-bond donors (Lipinski definition) is 2. The molecule has 0 bridgehead atoms. The Morgan fingerprint density at radius 1 is 1.24 bits per heavy atom. The fourth-order valence-electron chi connectivity index (χ4n) is 1.78. The Kier molecular flexibility index (Phi) is 6.67. The van der Waals surface area contributed by atoms with E-state index in [0.29, 0.717) is 0 Å². The maximum Gasteiger partial charge on any atom is 0.119 e. The van der Waals surface area contributed by atoms with Gasteiger partial charge >= 0.3 is 0 Å². The van der Waals surface area contributed by atoms with E-state index in [9.17, 15) is 0 Å². The first-order valence-electron chi connectivity index (χ1n) is 6.38. The zero-order chi connectivity index (χ0) is 12.5. The molecule has 3 heteroatoms. The van der Waals surface area contributed by atoms with Crippen LogP contribution in [0.15, 0.2) is 24.3 Å². The molecule has 0 aliphatic rings. The Balaban J connectivity index is 2.63. The van der Waals surface area contributed by atoms with E-state index in [1.807, 2.05) is 12.1 Å². The molecule has 0 radical (unpaired) electrons. The zero-order valence-electron chi connectivity index (χ0n) is 10.8. The van der Waals surface area contributed by atoms with Crippen molar-refractivity contribution in [2.75, 3.05) is 19.8 Å². The fraction of sp³-hybridized carbons (Fsp3) is 0.571. The van der Waals surface area contributed by atoms with Crippen molar-refractivity contribution in [3.8, 4) is 5.75 Å². The summed E-state index contributed by atoms with van der Waals surface area (Å²) in [6.07, 6.45) is 1.76. The minimum absolute atomic E-state index is 0.200. The number of ether oxygens (including phenoxy) is 1. The summed E-state index contributed by atoms with van der Waals surface area (Å²) >= 11 is 0. The smallest absolute Gasteiger partial charge is 0.119 e. The van der Waals surface area contributed by atoms with Crippen molar-refractivity contribution in [1.82, 2.24) is 5.32 Å². The summed E-state index contributed by atoms with van der Waals surface area (Å²) in [5, 5.41) is 12.4.